The molecule has 0 aliphatic carbocycles. The fourth-order valence-electron chi connectivity index (χ4n) is 3.20. The van der Waals surface area contributed by atoms with Crippen molar-refractivity contribution in [1.82, 2.24) is 18.9 Å². The molecule has 0 aliphatic rings. The first-order valence-electron chi connectivity index (χ1n) is 9.13. The van der Waals surface area contributed by atoms with E-state index in [1.807, 2.05) is 48.1 Å². The summed E-state index contributed by atoms with van der Waals surface area (Å²) >= 11 is 1.64. The van der Waals surface area contributed by atoms with Crippen molar-refractivity contribution in [3.05, 3.63) is 76.1 Å². The van der Waals surface area contributed by atoms with Gasteiger partial charge in [0.05, 0.1) is 22.5 Å². The Morgan fingerprint density at radius 2 is 2.00 bits per heavy atom. The SMILES string of the molecule is CSCc1nc2ccccc2n1CC(=O)OCc1cc(=O)n2cc(C)ccc2n1. The van der Waals surface area contributed by atoms with E-state index in [0.717, 1.165) is 22.4 Å². The van der Waals surface area contributed by atoms with E-state index >= 15 is 0 Å². The number of ether oxygens (including phenoxy) is 1. The molecule has 0 spiro atoms. The molecule has 0 saturated carbocycles. The molecule has 0 amide bonds. The van der Waals surface area contributed by atoms with Crippen LogP contribution in [0.15, 0.2) is 53.5 Å². The Kier molecular flexibility index (Phi) is 5.35. The van der Waals surface area contributed by atoms with E-state index < -0.39 is 5.97 Å². The average Bonchev–Trinajstić information content (AvgIpc) is 3.04. The number of aryl methyl sites for hydroxylation is 1. The molecule has 3 heterocycles. The highest BCUT2D eigenvalue weighted by atomic mass is 32.2. The molecular weight excluding hydrogens is 388 g/mol. The third kappa shape index (κ3) is 4.02. The van der Waals surface area contributed by atoms with Crippen LogP contribution in [0.5, 0.6) is 0 Å². The molecular formula is C21H20N4O3S. The number of pyridine rings is 1. The molecule has 3 aromatic heterocycles. The van der Waals surface area contributed by atoms with Crippen LogP contribution in [-0.4, -0.2) is 31.2 Å². The maximum atomic E-state index is 12.5. The molecule has 1 aromatic carbocycles. The molecule has 29 heavy (non-hydrogen) atoms. The van der Waals surface area contributed by atoms with Crippen molar-refractivity contribution in [3.63, 3.8) is 0 Å². The fourth-order valence-corrected chi connectivity index (χ4v) is 3.68. The molecule has 8 heteroatoms. The van der Waals surface area contributed by atoms with Gasteiger partial charge in [0, 0.05) is 12.3 Å². The maximum Gasteiger partial charge on any atom is 0.326 e. The Labute approximate surface area is 171 Å². The number of imidazole rings is 1. The lowest BCUT2D eigenvalue weighted by molar-refractivity contribution is -0.145. The van der Waals surface area contributed by atoms with Gasteiger partial charge in [-0.1, -0.05) is 18.2 Å². The first-order valence-corrected chi connectivity index (χ1v) is 10.5. The fraction of sp³-hybridized carbons (Fsp3) is 0.238. The lowest BCUT2D eigenvalue weighted by Gasteiger charge is -2.09. The van der Waals surface area contributed by atoms with Crippen LogP contribution in [0, 0.1) is 6.92 Å². The molecule has 148 valence electrons. The minimum Gasteiger partial charge on any atom is -0.458 e. The second-order valence-electron chi connectivity index (χ2n) is 6.72. The summed E-state index contributed by atoms with van der Waals surface area (Å²) in [6.45, 7) is 1.91. The standard InChI is InChI=1S/C21H20N4O3S/c1-14-7-8-18-22-15(9-20(26)25(18)10-14)12-28-21(27)11-24-17-6-4-3-5-16(17)23-19(24)13-29-2/h3-10H,11-13H2,1-2H3. The van der Waals surface area contributed by atoms with Gasteiger partial charge in [0.1, 0.15) is 24.6 Å². The molecule has 0 unspecified atom stereocenters. The highest BCUT2D eigenvalue weighted by molar-refractivity contribution is 7.97. The molecule has 0 radical (unpaired) electrons. The van der Waals surface area contributed by atoms with Crippen molar-refractivity contribution >= 4 is 34.4 Å². The van der Waals surface area contributed by atoms with Gasteiger partial charge in [-0.3, -0.25) is 14.0 Å². The van der Waals surface area contributed by atoms with Gasteiger partial charge >= 0.3 is 5.97 Å². The van der Waals surface area contributed by atoms with Gasteiger partial charge in [0.25, 0.3) is 5.56 Å². The van der Waals surface area contributed by atoms with Gasteiger partial charge in [-0.05, 0) is 36.9 Å². The Morgan fingerprint density at radius 3 is 2.83 bits per heavy atom. The van der Waals surface area contributed by atoms with Gasteiger partial charge in [0.15, 0.2) is 0 Å². The van der Waals surface area contributed by atoms with E-state index in [4.69, 9.17) is 4.74 Å². The van der Waals surface area contributed by atoms with Crippen LogP contribution in [0.3, 0.4) is 0 Å². The van der Waals surface area contributed by atoms with E-state index in [-0.39, 0.29) is 18.7 Å². The maximum absolute atomic E-state index is 12.5. The van der Waals surface area contributed by atoms with Crippen LogP contribution in [0.2, 0.25) is 0 Å². The van der Waals surface area contributed by atoms with Crippen LogP contribution in [0.4, 0.5) is 0 Å². The third-order valence-corrected chi connectivity index (χ3v) is 5.08. The molecule has 7 nitrogen and oxygen atoms in total. The molecule has 0 aliphatic heterocycles. The molecule has 0 fully saturated rings. The molecule has 0 N–H and O–H groups in total. The highest BCUT2D eigenvalue weighted by Crippen LogP contribution is 2.19. The van der Waals surface area contributed by atoms with Gasteiger partial charge in [-0.2, -0.15) is 11.8 Å². The summed E-state index contributed by atoms with van der Waals surface area (Å²) in [7, 11) is 0. The Balaban J connectivity index is 1.52. The molecule has 0 saturated heterocycles. The summed E-state index contributed by atoms with van der Waals surface area (Å²) in [5.41, 5.74) is 3.46. The zero-order valence-corrected chi connectivity index (χ0v) is 17.0. The second kappa shape index (κ2) is 8.08. The van der Waals surface area contributed by atoms with Crippen LogP contribution >= 0.6 is 11.8 Å². The number of rotatable bonds is 6. The number of hydrogen-bond donors (Lipinski definition) is 0. The predicted molar refractivity (Wildman–Crippen MR) is 113 cm³/mol. The first kappa shape index (κ1) is 19.2. The van der Waals surface area contributed by atoms with Crippen molar-refractivity contribution < 1.29 is 9.53 Å². The largest absolute Gasteiger partial charge is 0.458 e. The monoisotopic (exact) mass is 408 g/mol. The lowest BCUT2D eigenvalue weighted by Crippen LogP contribution is -2.18. The summed E-state index contributed by atoms with van der Waals surface area (Å²) in [5, 5.41) is 0. The van der Waals surface area contributed by atoms with E-state index in [1.165, 1.54) is 10.5 Å². The second-order valence-corrected chi connectivity index (χ2v) is 7.58. The minimum absolute atomic E-state index is 0.0526. The molecule has 4 rings (SSSR count). The number of thioether (sulfide) groups is 1. The minimum atomic E-state index is -0.401. The number of aromatic nitrogens is 4. The zero-order chi connectivity index (χ0) is 20.4. The average molecular weight is 408 g/mol. The summed E-state index contributed by atoms with van der Waals surface area (Å²) in [6, 6.07) is 12.8. The molecule has 4 aromatic rings. The van der Waals surface area contributed by atoms with Crippen LogP contribution in [0.1, 0.15) is 17.1 Å². The normalized spacial score (nSPS) is 11.2. The molecule has 0 atom stereocenters. The van der Waals surface area contributed by atoms with E-state index in [9.17, 15) is 9.59 Å². The summed E-state index contributed by atoms with van der Waals surface area (Å²) in [5.74, 6) is 1.12. The van der Waals surface area contributed by atoms with Crippen molar-refractivity contribution in [2.45, 2.75) is 25.8 Å². The summed E-state index contributed by atoms with van der Waals surface area (Å²) in [6.07, 6.45) is 3.73. The number of hydrogen-bond acceptors (Lipinski definition) is 6. The van der Waals surface area contributed by atoms with Crippen LogP contribution < -0.4 is 5.56 Å². The number of carbonyl (C=O) groups is 1. The zero-order valence-electron chi connectivity index (χ0n) is 16.2. The van der Waals surface area contributed by atoms with Crippen molar-refractivity contribution in [2.75, 3.05) is 6.26 Å². The number of para-hydroxylation sites is 2. The van der Waals surface area contributed by atoms with Crippen LogP contribution in [-0.2, 0) is 28.4 Å². The Hall–Kier alpha value is -3.13. The quantitative estimate of drug-likeness (QED) is 0.457. The predicted octanol–water partition coefficient (Wildman–Crippen LogP) is 2.96. The van der Waals surface area contributed by atoms with E-state index in [1.54, 1.807) is 24.0 Å². The highest BCUT2D eigenvalue weighted by Gasteiger charge is 2.14. The van der Waals surface area contributed by atoms with Crippen molar-refractivity contribution in [3.8, 4) is 0 Å². The number of fused-ring (bicyclic) bond motifs is 2. The van der Waals surface area contributed by atoms with Crippen LogP contribution in [0.25, 0.3) is 16.7 Å². The number of benzene rings is 1. The Bertz CT molecular complexity index is 1260. The van der Waals surface area contributed by atoms with Gasteiger partial charge in [0.2, 0.25) is 0 Å². The van der Waals surface area contributed by atoms with Gasteiger partial charge in [-0.15, -0.1) is 0 Å². The number of esters is 1. The van der Waals surface area contributed by atoms with Gasteiger partial charge in [-0.25, -0.2) is 9.97 Å². The number of carbonyl (C=O) groups excluding carboxylic acids is 1. The summed E-state index contributed by atoms with van der Waals surface area (Å²) in [4.78, 5) is 33.8. The van der Waals surface area contributed by atoms with E-state index in [0.29, 0.717) is 17.1 Å². The first-order chi connectivity index (χ1) is 14.0. The lowest BCUT2D eigenvalue weighted by atomic mass is 10.3. The van der Waals surface area contributed by atoms with Crippen molar-refractivity contribution in [1.29, 1.82) is 0 Å². The Morgan fingerprint density at radius 1 is 1.17 bits per heavy atom. The van der Waals surface area contributed by atoms with E-state index in [2.05, 4.69) is 9.97 Å². The number of nitrogens with zero attached hydrogens (tertiary/aromatic N) is 4. The smallest absolute Gasteiger partial charge is 0.326 e. The summed E-state index contributed by atoms with van der Waals surface area (Å²) < 4.78 is 8.76. The third-order valence-electron chi connectivity index (χ3n) is 4.54. The topological polar surface area (TPSA) is 78.5 Å². The van der Waals surface area contributed by atoms with Crippen molar-refractivity contribution in [2.24, 2.45) is 0 Å². The molecule has 0 bridgehead atoms. The van der Waals surface area contributed by atoms with Gasteiger partial charge < -0.3 is 9.30 Å².